The van der Waals surface area contributed by atoms with Gasteiger partial charge in [0.25, 0.3) is 11.5 Å². The van der Waals surface area contributed by atoms with Crippen molar-refractivity contribution in [2.45, 2.75) is 26.3 Å². The standard InChI is InChI=1S/C15H18N4O3/c1-9-4-5-16-11(6-9)7-10(2)19(3)14(21)12-8-13(20)18-15(22)17-12/h4-6,8,10H,7H2,1-3H3,(H2,17,18,20,22)/t10-/m1/s1. The van der Waals surface area contributed by atoms with Gasteiger partial charge in [-0.15, -0.1) is 0 Å². The molecule has 1 amide bonds. The van der Waals surface area contributed by atoms with Crippen molar-refractivity contribution in [2.75, 3.05) is 7.05 Å². The Labute approximate surface area is 127 Å². The number of H-pyrrole nitrogens is 2. The van der Waals surface area contributed by atoms with Gasteiger partial charge in [0.05, 0.1) is 0 Å². The van der Waals surface area contributed by atoms with E-state index in [0.717, 1.165) is 17.3 Å². The summed E-state index contributed by atoms with van der Waals surface area (Å²) >= 11 is 0. The second-order valence-electron chi connectivity index (χ2n) is 5.30. The summed E-state index contributed by atoms with van der Waals surface area (Å²) < 4.78 is 0. The molecular weight excluding hydrogens is 284 g/mol. The lowest BCUT2D eigenvalue weighted by atomic mass is 10.1. The van der Waals surface area contributed by atoms with Gasteiger partial charge in [0.2, 0.25) is 0 Å². The zero-order chi connectivity index (χ0) is 16.3. The highest BCUT2D eigenvalue weighted by atomic mass is 16.2. The van der Waals surface area contributed by atoms with Crippen molar-refractivity contribution in [3.05, 3.63) is 62.2 Å². The monoisotopic (exact) mass is 302 g/mol. The minimum Gasteiger partial charge on any atom is -0.337 e. The van der Waals surface area contributed by atoms with Crippen LogP contribution in [0.2, 0.25) is 0 Å². The van der Waals surface area contributed by atoms with Crippen LogP contribution in [0.15, 0.2) is 34.0 Å². The van der Waals surface area contributed by atoms with E-state index in [1.165, 1.54) is 4.90 Å². The first-order chi connectivity index (χ1) is 10.4. The van der Waals surface area contributed by atoms with E-state index in [2.05, 4.69) is 9.97 Å². The Balaban J connectivity index is 2.15. The fourth-order valence-corrected chi connectivity index (χ4v) is 2.12. The van der Waals surface area contributed by atoms with Crippen LogP contribution >= 0.6 is 0 Å². The van der Waals surface area contributed by atoms with E-state index in [-0.39, 0.29) is 11.7 Å². The van der Waals surface area contributed by atoms with E-state index in [1.807, 2.05) is 31.0 Å². The molecular formula is C15H18N4O3. The summed E-state index contributed by atoms with van der Waals surface area (Å²) in [6, 6.07) is 4.82. The molecule has 0 saturated carbocycles. The van der Waals surface area contributed by atoms with Crippen molar-refractivity contribution in [1.29, 1.82) is 0 Å². The molecule has 0 aliphatic carbocycles. The Morgan fingerprint density at radius 2 is 2.05 bits per heavy atom. The van der Waals surface area contributed by atoms with Crippen molar-refractivity contribution < 1.29 is 4.79 Å². The Morgan fingerprint density at radius 3 is 2.68 bits per heavy atom. The third kappa shape index (κ3) is 3.69. The molecule has 0 bridgehead atoms. The van der Waals surface area contributed by atoms with Crippen LogP contribution in [-0.2, 0) is 6.42 Å². The summed E-state index contributed by atoms with van der Waals surface area (Å²) in [7, 11) is 1.63. The summed E-state index contributed by atoms with van der Waals surface area (Å²) in [5, 5.41) is 0. The molecule has 0 aromatic carbocycles. The van der Waals surface area contributed by atoms with Gasteiger partial charge in [0.1, 0.15) is 5.69 Å². The smallest absolute Gasteiger partial charge is 0.326 e. The SMILES string of the molecule is Cc1ccnc(C[C@@H](C)N(C)C(=O)c2cc(=O)[nH]c(=O)[nH]2)c1. The van der Waals surface area contributed by atoms with E-state index in [9.17, 15) is 14.4 Å². The number of amides is 1. The van der Waals surface area contributed by atoms with E-state index in [1.54, 1.807) is 13.2 Å². The fourth-order valence-electron chi connectivity index (χ4n) is 2.12. The van der Waals surface area contributed by atoms with Gasteiger partial charge in [-0.1, -0.05) is 0 Å². The lowest BCUT2D eigenvalue weighted by Crippen LogP contribution is -2.39. The van der Waals surface area contributed by atoms with E-state index in [4.69, 9.17) is 0 Å². The minimum atomic E-state index is -0.697. The maximum absolute atomic E-state index is 12.3. The molecule has 2 aromatic rings. The number of aromatic amines is 2. The fraction of sp³-hybridized carbons (Fsp3) is 0.333. The molecule has 7 heteroatoms. The van der Waals surface area contributed by atoms with Crippen molar-refractivity contribution in [2.24, 2.45) is 0 Å². The normalized spacial score (nSPS) is 12.0. The molecule has 0 aliphatic heterocycles. The topological polar surface area (TPSA) is 98.9 Å². The zero-order valence-corrected chi connectivity index (χ0v) is 12.7. The van der Waals surface area contributed by atoms with Gasteiger partial charge in [0.15, 0.2) is 0 Å². The molecule has 0 spiro atoms. The summed E-state index contributed by atoms with van der Waals surface area (Å²) in [6.45, 7) is 3.86. The number of nitrogens with zero attached hydrogens (tertiary/aromatic N) is 2. The van der Waals surface area contributed by atoms with E-state index in [0.29, 0.717) is 6.42 Å². The second kappa shape index (κ2) is 6.38. The maximum Gasteiger partial charge on any atom is 0.326 e. The zero-order valence-electron chi connectivity index (χ0n) is 12.7. The number of nitrogens with one attached hydrogen (secondary N) is 2. The highest BCUT2D eigenvalue weighted by Gasteiger charge is 2.19. The molecule has 116 valence electrons. The van der Waals surface area contributed by atoms with Crippen LogP contribution in [0.25, 0.3) is 0 Å². The molecule has 2 heterocycles. The summed E-state index contributed by atoms with van der Waals surface area (Å²) in [5.74, 6) is -0.414. The van der Waals surface area contributed by atoms with Crippen molar-refractivity contribution in [1.82, 2.24) is 19.9 Å². The number of carbonyl (C=O) groups is 1. The average molecular weight is 302 g/mol. The van der Waals surface area contributed by atoms with Gasteiger partial charge >= 0.3 is 5.69 Å². The largest absolute Gasteiger partial charge is 0.337 e. The predicted octanol–water partition coefficient (Wildman–Crippen LogP) is 0.470. The van der Waals surface area contributed by atoms with Gasteiger partial charge in [-0.05, 0) is 31.5 Å². The number of pyridine rings is 1. The van der Waals surface area contributed by atoms with Gasteiger partial charge in [-0.25, -0.2) is 4.79 Å². The molecule has 0 saturated heterocycles. The van der Waals surface area contributed by atoms with Crippen molar-refractivity contribution in [3.63, 3.8) is 0 Å². The van der Waals surface area contributed by atoms with Gasteiger partial charge in [0, 0.05) is 37.5 Å². The average Bonchev–Trinajstić information content (AvgIpc) is 2.44. The number of aromatic nitrogens is 3. The molecule has 2 aromatic heterocycles. The van der Waals surface area contributed by atoms with Crippen LogP contribution in [0.5, 0.6) is 0 Å². The molecule has 1 atom stereocenters. The van der Waals surface area contributed by atoms with E-state index >= 15 is 0 Å². The maximum atomic E-state index is 12.3. The van der Waals surface area contributed by atoms with Crippen molar-refractivity contribution in [3.8, 4) is 0 Å². The molecule has 0 radical (unpaired) electrons. The number of rotatable bonds is 4. The molecule has 0 aliphatic rings. The van der Waals surface area contributed by atoms with Gasteiger partial charge in [-0.2, -0.15) is 0 Å². The molecule has 0 fully saturated rings. The Kier molecular flexibility index (Phi) is 4.55. The Morgan fingerprint density at radius 1 is 1.32 bits per heavy atom. The van der Waals surface area contributed by atoms with Crippen LogP contribution in [0.1, 0.15) is 28.7 Å². The first kappa shape index (κ1) is 15.7. The summed E-state index contributed by atoms with van der Waals surface area (Å²) in [4.78, 5) is 45.0. The van der Waals surface area contributed by atoms with E-state index < -0.39 is 17.2 Å². The van der Waals surface area contributed by atoms with Gasteiger partial charge < -0.3 is 9.88 Å². The van der Waals surface area contributed by atoms with Gasteiger partial charge in [-0.3, -0.25) is 19.6 Å². The first-order valence-electron chi connectivity index (χ1n) is 6.89. The molecule has 2 N–H and O–H groups in total. The number of likely N-dealkylation sites (N-methyl/N-ethyl adjacent to an activating group) is 1. The lowest BCUT2D eigenvalue weighted by molar-refractivity contribution is 0.0736. The molecule has 7 nitrogen and oxygen atoms in total. The number of hydrogen-bond acceptors (Lipinski definition) is 4. The van der Waals surface area contributed by atoms with Crippen molar-refractivity contribution >= 4 is 5.91 Å². The second-order valence-corrected chi connectivity index (χ2v) is 5.30. The number of hydrogen-bond donors (Lipinski definition) is 2. The van der Waals surface area contributed by atoms with Crippen LogP contribution in [-0.4, -0.2) is 38.8 Å². The van der Waals surface area contributed by atoms with Crippen LogP contribution < -0.4 is 11.2 Å². The first-order valence-corrected chi connectivity index (χ1v) is 6.89. The lowest BCUT2D eigenvalue weighted by Gasteiger charge is -2.24. The molecule has 22 heavy (non-hydrogen) atoms. The number of carbonyl (C=O) groups excluding carboxylic acids is 1. The highest BCUT2D eigenvalue weighted by molar-refractivity contribution is 5.92. The quantitative estimate of drug-likeness (QED) is 0.857. The Bertz CT molecular complexity index is 765. The minimum absolute atomic E-state index is 0.0275. The number of aryl methyl sites for hydroxylation is 1. The highest BCUT2D eigenvalue weighted by Crippen LogP contribution is 2.09. The third-order valence-corrected chi connectivity index (χ3v) is 3.45. The van der Waals surface area contributed by atoms with Crippen LogP contribution in [0.4, 0.5) is 0 Å². The summed E-state index contributed by atoms with van der Waals surface area (Å²) in [6.07, 6.45) is 2.31. The summed E-state index contributed by atoms with van der Waals surface area (Å²) in [5.41, 5.74) is 0.655. The predicted molar refractivity (Wildman–Crippen MR) is 81.9 cm³/mol. The Hall–Kier alpha value is -2.70. The molecule has 2 rings (SSSR count). The third-order valence-electron chi connectivity index (χ3n) is 3.45. The molecule has 0 unspecified atom stereocenters. The van der Waals surface area contributed by atoms with Crippen LogP contribution in [0, 0.1) is 6.92 Å². The van der Waals surface area contributed by atoms with Crippen LogP contribution in [0.3, 0.4) is 0 Å².